The number of likely N-dealkylation sites (N-methyl/N-ethyl adjacent to an activating group) is 2. The molecule has 6 nitrogen and oxygen atoms in total. The first-order chi connectivity index (χ1) is 19.1. The Kier molecular flexibility index (Phi) is 12.3. The SMILES string of the molecule is C[C@H]1CN(Cc2cccc(-c3cc(CNC(=O)c4cccc(CN(C)CC[N+](C)(C)C)c4)ccc3F)c2)CCN1.[I-]. The molecule has 1 aliphatic rings. The van der Waals surface area contributed by atoms with Gasteiger partial charge in [-0.15, -0.1) is 0 Å². The Hall–Kier alpha value is -2.37. The summed E-state index contributed by atoms with van der Waals surface area (Å²) < 4.78 is 15.8. The Morgan fingerprint density at radius 2 is 1.80 bits per heavy atom. The smallest absolute Gasteiger partial charge is 0.251 e. The summed E-state index contributed by atoms with van der Waals surface area (Å²) in [6.45, 7) is 9.20. The van der Waals surface area contributed by atoms with Crippen LogP contribution in [-0.2, 0) is 19.6 Å². The lowest BCUT2D eigenvalue weighted by Gasteiger charge is -2.31. The van der Waals surface area contributed by atoms with Crippen molar-refractivity contribution in [2.24, 2.45) is 0 Å². The van der Waals surface area contributed by atoms with Gasteiger partial charge in [-0.25, -0.2) is 4.39 Å². The highest BCUT2D eigenvalue weighted by atomic mass is 127. The number of halogens is 2. The Labute approximate surface area is 262 Å². The Morgan fingerprint density at radius 1 is 1.05 bits per heavy atom. The third-order valence-electron chi connectivity index (χ3n) is 7.38. The zero-order valence-electron chi connectivity index (χ0n) is 25.1. The number of quaternary nitrogens is 1. The molecule has 0 aromatic heterocycles. The first-order valence-electron chi connectivity index (χ1n) is 14.3. The van der Waals surface area contributed by atoms with Crippen LogP contribution < -0.4 is 34.6 Å². The fourth-order valence-electron chi connectivity index (χ4n) is 5.11. The van der Waals surface area contributed by atoms with Crippen LogP contribution in [0.1, 0.15) is 34.0 Å². The molecule has 1 saturated heterocycles. The maximum absolute atomic E-state index is 14.9. The van der Waals surface area contributed by atoms with E-state index in [-0.39, 0.29) is 35.7 Å². The van der Waals surface area contributed by atoms with E-state index in [0.29, 0.717) is 23.7 Å². The number of hydrogen-bond donors (Lipinski definition) is 2. The van der Waals surface area contributed by atoms with Crippen LogP contribution in [0.15, 0.2) is 66.7 Å². The zero-order chi connectivity index (χ0) is 28.7. The molecule has 0 aliphatic carbocycles. The Bertz CT molecular complexity index is 1290. The maximum Gasteiger partial charge on any atom is 0.251 e. The van der Waals surface area contributed by atoms with Crippen molar-refractivity contribution in [3.8, 4) is 11.1 Å². The molecule has 2 N–H and O–H groups in total. The quantitative estimate of drug-likeness (QED) is 0.239. The highest BCUT2D eigenvalue weighted by Gasteiger charge is 2.16. The Morgan fingerprint density at radius 3 is 2.56 bits per heavy atom. The van der Waals surface area contributed by atoms with E-state index in [1.54, 1.807) is 6.07 Å². The zero-order valence-corrected chi connectivity index (χ0v) is 27.2. The van der Waals surface area contributed by atoms with E-state index in [1.165, 1.54) is 11.6 Å². The first-order valence-corrected chi connectivity index (χ1v) is 14.3. The number of hydrogen-bond acceptors (Lipinski definition) is 4. The summed E-state index contributed by atoms with van der Waals surface area (Å²) in [5.41, 5.74) is 5.19. The summed E-state index contributed by atoms with van der Waals surface area (Å²) >= 11 is 0. The summed E-state index contributed by atoms with van der Waals surface area (Å²) in [4.78, 5) is 17.7. The standard InChI is InChI=1S/C33H44FN5O.HI/c1-25-22-38(15-14-35-25)24-28-9-6-10-29(18-28)31-20-26(12-13-32(31)34)21-36-33(40)30-11-7-8-27(19-30)23-37(2)16-17-39(3,4)5;/h6-13,18-20,25,35H,14-17,21-24H2,1-5H3;1H/t25-;/m0./s1. The average molecular weight is 674 g/mol. The summed E-state index contributed by atoms with van der Waals surface area (Å²) in [5.74, 6) is -0.390. The highest BCUT2D eigenvalue weighted by Crippen LogP contribution is 2.26. The molecule has 0 radical (unpaired) electrons. The van der Waals surface area contributed by atoms with Gasteiger partial charge in [0.2, 0.25) is 0 Å². The second-order valence-corrected chi connectivity index (χ2v) is 12.2. The van der Waals surface area contributed by atoms with E-state index in [4.69, 9.17) is 0 Å². The van der Waals surface area contributed by atoms with Gasteiger partial charge < -0.3 is 39.1 Å². The number of carbonyl (C=O) groups excluding carboxylic acids is 1. The second-order valence-electron chi connectivity index (χ2n) is 12.2. The minimum atomic E-state index is -0.259. The van der Waals surface area contributed by atoms with Crippen molar-refractivity contribution in [2.45, 2.75) is 32.6 Å². The predicted octanol–water partition coefficient (Wildman–Crippen LogP) is 1.36. The molecule has 41 heavy (non-hydrogen) atoms. The molecular formula is C33H45FIN5O. The molecule has 1 aliphatic heterocycles. The highest BCUT2D eigenvalue weighted by molar-refractivity contribution is 5.94. The number of piperazine rings is 1. The van der Waals surface area contributed by atoms with Crippen LogP contribution in [0.5, 0.6) is 0 Å². The summed E-state index contributed by atoms with van der Waals surface area (Å²) in [5, 5.41) is 6.49. The lowest BCUT2D eigenvalue weighted by Crippen LogP contribution is -3.00. The predicted molar refractivity (Wildman–Crippen MR) is 161 cm³/mol. The van der Waals surface area contributed by atoms with Crippen molar-refractivity contribution in [3.05, 3.63) is 94.8 Å². The molecule has 0 unspecified atom stereocenters. The Balaban J connectivity index is 0.00000462. The number of amides is 1. The van der Waals surface area contributed by atoms with Crippen LogP contribution in [0.4, 0.5) is 4.39 Å². The van der Waals surface area contributed by atoms with Crippen molar-refractivity contribution >= 4 is 5.91 Å². The van der Waals surface area contributed by atoms with Gasteiger partial charge in [-0.05, 0) is 66.6 Å². The molecule has 0 spiro atoms. The van der Waals surface area contributed by atoms with Crippen LogP contribution in [-0.4, -0.2) is 87.1 Å². The van der Waals surface area contributed by atoms with Crippen molar-refractivity contribution in [1.29, 1.82) is 0 Å². The molecule has 1 amide bonds. The van der Waals surface area contributed by atoms with Gasteiger partial charge in [-0.1, -0.05) is 36.4 Å². The van der Waals surface area contributed by atoms with Gasteiger partial charge in [0.15, 0.2) is 0 Å². The van der Waals surface area contributed by atoms with Crippen LogP contribution >= 0.6 is 0 Å². The van der Waals surface area contributed by atoms with Gasteiger partial charge in [-0.2, -0.15) is 0 Å². The van der Waals surface area contributed by atoms with Crippen molar-refractivity contribution in [1.82, 2.24) is 20.4 Å². The van der Waals surface area contributed by atoms with E-state index in [1.807, 2.05) is 36.4 Å². The molecule has 1 atom stereocenters. The normalized spacial score (nSPS) is 15.9. The number of carbonyl (C=O) groups is 1. The minimum absolute atomic E-state index is 0. The molecule has 3 aromatic rings. The molecule has 8 heteroatoms. The summed E-state index contributed by atoms with van der Waals surface area (Å²) in [7, 11) is 8.68. The average Bonchev–Trinajstić information content (AvgIpc) is 2.91. The molecule has 0 bridgehead atoms. The van der Waals surface area contributed by atoms with Crippen LogP contribution in [0.3, 0.4) is 0 Å². The van der Waals surface area contributed by atoms with E-state index in [0.717, 1.165) is 67.0 Å². The summed E-state index contributed by atoms with van der Waals surface area (Å²) in [6, 6.07) is 21.5. The monoisotopic (exact) mass is 673 g/mol. The number of benzene rings is 3. The fourth-order valence-corrected chi connectivity index (χ4v) is 5.11. The maximum atomic E-state index is 14.9. The van der Waals surface area contributed by atoms with Gasteiger partial charge >= 0.3 is 0 Å². The van der Waals surface area contributed by atoms with E-state index in [2.05, 4.69) is 73.7 Å². The van der Waals surface area contributed by atoms with Gasteiger partial charge in [-0.3, -0.25) is 14.6 Å². The molecule has 1 heterocycles. The van der Waals surface area contributed by atoms with Crippen molar-refractivity contribution in [2.75, 3.05) is 60.9 Å². The van der Waals surface area contributed by atoms with E-state index < -0.39 is 0 Å². The molecule has 222 valence electrons. The second kappa shape index (κ2) is 15.2. The van der Waals surface area contributed by atoms with Crippen molar-refractivity contribution < 1.29 is 37.6 Å². The largest absolute Gasteiger partial charge is 1.00 e. The third kappa shape index (κ3) is 10.4. The number of rotatable bonds is 11. The van der Waals surface area contributed by atoms with Gasteiger partial charge in [0, 0.05) is 63.0 Å². The molecule has 4 rings (SSSR count). The lowest BCUT2D eigenvalue weighted by molar-refractivity contribution is -0.869. The first kappa shape index (κ1) is 33.1. The van der Waals surface area contributed by atoms with Crippen LogP contribution in [0.25, 0.3) is 11.1 Å². The fraction of sp³-hybridized carbons (Fsp3) is 0.424. The number of nitrogens with one attached hydrogen (secondary N) is 2. The van der Waals surface area contributed by atoms with Crippen LogP contribution in [0.2, 0.25) is 0 Å². The van der Waals surface area contributed by atoms with E-state index in [9.17, 15) is 9.18 Å². The molecule has 1 fully saturated rings. The topological polar surface area (TPSA) is 47.6 Å². The van der Waals surface area contributed by atoms with Crippen LogP contribution in [0, 0.1) is 5.82 Å². The lowest BCUT2D eigenvalue weighted by atomic mass is 10.00. The van der Waals surface area contributed by atoms with Crippen molar-refractivity contribution in [3.63, 3.8) is 0 Å². The summed E-state index contributed by atoms with van der Waals surface area (Å²) in [6.07, 6.45) is 0. The van der Waals surface area contributed by atoms with E-state index >= 15 is 0 Å². The third-order valence-corrected chi connectivity index (χ3v) is 7.38. The van der Waals surface area contributed by atoms with Gasteiger partial charge in [0.25, 0.3) is 5.91 Å². The molecule has 3 aromatic carbocycles. The number of nitrogens with zero attached hydrogens (tertiary/aromatic N) is 3. The molecule has 0 saturated carbocycles. The van der Waals surface area contributed by atoms with Gasteiger partial charge in [0.1, 0.15) is 5.82 Å². The molecular weight excluding hydrogens is 628 g/mol. The minimum Gasteiger partial charge on any atom is -1.00 e. The van der Waals surface area contributed by atoms with Gasteiger partial charge in [0.05, 0.1) is 27.7 Å².